The van der Waals surface area contributed by atoms with Crippen LogP contribution in [0.5, 0.6) is 5.88 Å². The molecule has 130 valence electrons. The van der Waals surface area contributed by atoms with Gasteiger partial charge in [0.2, 0.25) is 11.8 Å². The molecule has 2 aliphatic heterocycles. The lowest BCUT2D eigenvalue weighted by molar-refractivity contribution is -0.138. The molecule has 2 aliphatic rings. The monoisotopic (exact) mass is 334 g/mol. The molecule has 8 heteroatoms. The van der Waals surface area contributed by atoms with Crippen LogP contribution in [0, 0.1) is 18.3 Å². The van der Waals surface area contributed by atoms with Gasteiger partial charge in [0.1, 0.15) is 11.4 Å². The van der Waals surface area contributed by atoms with Crippen LogP contribution in [0.3, 0.4) is 0 Å². The van der Waals surface area contributed by atoms with E-state index in [2.05, 4.69) is 15.3 Å². The summed E-state index contributed by atoms with van der Waals surface area (Å²) in [4.78, 5) is 35.4. The Morgan fingerprint density at radius 3 is 3.00 bits per heavy atom. The van der Waals surface area contributed by atoms with Crippen molar-refractivity contribution in [2.45, 2.75) is 13.3 Å². The van der Waals surface area contributed by atoms with E-state index in [0.29, 0.717) is 44.1 Å². The molecule has 0 bridgehead atoms. The van der Waals surface area contributed by atoms with E-state index in [1.807, 2.05) is 0 Å². The van der Waals surface area contributed by atoms with Gasteiger partial charge in [-0.25, -0.2) is 4.98 Å². The summed E-state index contributed by atoms with van der Waals surface area (Å²) in [6.45, 7) is 3.60. The second-order valence-electron chi connectivity index (χ2n) is 6.28. The lowest BCUT2D eigenvalue weighted by Crippen LogP contribution is -2.49. The molecule has 24 heavy (non-hydrogen) atoms. The first kappa shape index (κ1) is 16.6. The number of aromatic nitrogens is 2. The predicted octanol–water partition coefficient (Wildman–Crippen LogP) is 0.0183. The summed E-state index contributed by atoms with van der Waals surface area (Å²) < 4.78 is 10.7. The fraction of sp³-hybridized carbons (Fsp3) is 0.625. The van der Waals surface area contributed by atoms with Gasteiger partial charge >= 0.3 is 0 Å². The van der Waals surface area contributed by atoms with Crippen LogP contribution in [-0.4, -0.2) is 67.1 Å². The average Bonchev–Trinajstić information content (AvgIpc) is 3.01. The number of ether oxygens (including phenoxy) is 2. The first-order chi connectivity index (χ1) is 11.5. The van der Waals surface area contributed by atoms with E-state index >= 15 is 0 Å². The lowest BCUT2D eigenvalue weighted by atomic mass is 9.73. The topological polar surface area (TPSA) is 93.7 Å². The Hall–Kier alpha value is -2.22. The molecule has 2 atom stereocenters. The third-order valence-electron chi connectivity index (χ3n) is 4.97. The SMILES string of the molecule is CNC(=O)[C@]12CCOC[C@H]1CN(C(=O)c1cnc(C)nc1OC)C2. The summed E-state index contributed by atoms with van der Waals surface area (Å²) in [6.07, 6.45) is 2.09. The molecule has 1 aromatic rings. The van der Waals surface area contributed by atoms with Gasteiger partial charge in [0.15, 0.2) is 0 Å². The summed E-state index contributed by atoms with van der Waals surface area (Å²) >= 11 is 0. The molecule has 0 unspecified atom stereocenters. The number of aryl methyl sites for hydroxylation is 1. The first-order valence-corrected chi connectivity index (χ1v) is 7.98. The van der Waals surface area contributed by atoms with E-state index < -0.39 is 5.41 Å². The summed E-state index contributed by atoms with van der Waals surface area (Å²) in [5.41, 5.74) is -0.267. The highest BCUT2D eigenvalue weighted by molar-refractivity contribution is 5.97. The molecule has 3 rings (SSSR count). The van der Waals surface area contributed by atoms with Crippen LogP contribution in [0.4, 0.5) is 0 Å². The Morgan fingerprint density at radius 1 is 1.50 bits per heavy atom. The number of methoxy groups -OCH3 is 1. The highest BCUT2D eigenvalue weighted by atomic mass is 16.5. The minimum absolute atomic E-state index is 0.00693. The molecule has 0 aromatic carbocycles. The summed E-state index contributed by atoms with van der Waals surface area (Å²) in [5.74, 6) is 0.539. The highest BCUT2D eigenvalue weighted by Gasteiger charge is 2.54. The Kier molecular flexibility index (Phi) is 4.40. The molecular formula is C16H22N4O4. The van der Waals surface area contributed by atoms with Gasteiger partial charge in [-0.3, -0.25) is 9.59 Å². The molecule has 2 saturated heterocycles. The molecule has 0 aliphatic carbocycles. The number of fused-ring (bicyclic) bond motifs is 1. The maximum atomic E-state index is 12.9. The van der Waals surface area contributed by atoms with Gasteiger partial charge in [-0.05, 0) is 13.3 Å². The van der Waals surface area contributed by atoms with Crippen molar-refractivity contribution < 1.29 is 19.1 Å². The largest absolute Gasteiger partial charge is 0.480 e. The minimum atomic E-state index is -0.582. The fourth-order valence-corrected chi connectivity index (χ4v) is 3.65. The maximum absolute atomic E-state index is 12.9. The second kappa shape index (κ2) is 6.35. The minimum Gasteiger partial charge on any atom is -0.480 e. The van der Waals surface area contributed by atoms with Crippen LogP contribution in [0.25, 0.3) is 0 Å². The van der Waals surface area contributed by atoms with Crippen molar-refractivity contribution in [3.05, 3.63) is 17.6 Å². The quantitative estimate of drug-likeness (QED) is 0.837. The van der Waals surface area contributed by atoms with Crippen molar-refractivity contribution in [3.63, 3.8) is 0 Å². The number of hydrogen-bond acceptors (Lipinski definition) is 6. The maximum Gasteiger partial charge on any atom is 0.260 e. The van der Waals surface area contributed by atoms with Crippen LogP contribution >= 0.6 is 0 Å². The molecule has 8 nitrogen and oxygen atoms in total. The third kappa shape index (κ3) is 2.60. The van der Waals surface area contributed by atoms with Crippen LogP contribution in [0.15, 0.2) is 6.20 Å². The van der Waals surface area contributed by atoms with Crippen LogP contribution < -0.4 is 10.1 Å². The fourth-order valence-electron chi connectivity index (χ4n) is 3.65. The van der Waals surface area contributed by atoms with E-state index in [1.165, 1.54) is 13.3 Å². The van der Waals surface area contributed by atoms with Crippen molar-refractivity contribution in [2.24, 2.45) is 11.3 Å². The summed E-state index contributed by atoms with van der Waals surface area (Å²) in [7, 11) is 3.10. The van der Waals surface area contributed by atoms with Gasteiger partial charge in [-0.1, -0.05) is 0 Å². The van der Waals surface area contributed by atoms with Gasteiger partial charge in [0.25, 0.3) is 5.91 Å². The van der Waals surface area contributed by atoms with Crippen molar-refractivity contribution in [2.75, 3.05) is 40.5 Å². The molecule has 1 aromatic heterocycles. The van der Waals surface area contributed by atoms with E-state index in [9.17, 15) is 9.59 Å². The van der Waals surface area contributed by atoms with E-state index in [1.54, 1.807) is 18.9 Å². The van der Waals surface area contributed by atoms with Crippen LogP contribution in [0.2, 0.25) is 0 Å². The van der Waals surface area contributed by atoms with Gasteiger partial charge in [0, 0.05) is 38.9 Å². The number of carbonyl (C=O) groups is 2. The third-order valence-corrected chi connectivity index (χ3v) is 4.97. The van der Waals surface area contributed by atoms with Crippen LogP contribution in [-0.2, 0) is 9.53 Å². The number of carbonyl (C=O) groups excluding carboxylic acids is 2. The Labute approximate surface area is 140 Å². The highest BCUT2D eigenvalue weighted by Crippen LogP contribution is 2.43. The number of nitrogens with zero attached hydrogens (tertiary/aromatic N) is 3. The number of rotatable bonds is 3. The Morgan fingerprint density at radius 2 is 2.29 bits per heavy atom. The van der Waals surface area contributed by atoms with Crippen molar-refractivity contribution >= 4 is 11.8 Å². The average molecular weight is 334 g/mol. The molecule has 0 saturated carbocycles. The van der Waals surface area contributed by atoms with Crippen molar-refractivity contribution in [3.8, 4) is 5.88 Å². The number of likely N-dealkylation sites (tertiary alicyclic amines) is 1. The Bertz CT molecular complexity index is 665. The van der Waals surface area contributed by atoms with E-state index in [0.717, 1.165) is 0 Å². The molecule has 3 heterocycles. The first-order valence-electron chi connectivity index (χ1n) is 7.98. The standard InChI is InChI=1S/C16H22N4O4/c1-10-18-6-12(13(19-10)23-3)14(21)20-7-11-8-24-5-4-16(11,9-20)15(22)17-2/h6,11H,4-5,7-9H2,1-3H3,(H,17,22)/t11-,16+/m1/s1. The zero-order valence-electron chi connectivity index (χ0n) is 14.2. The van der Waals surface area contributed by atoms with Gasteiger partial charge in [-0.2, -0.15) is 4.98 Å². The zero-order valence-corrected chi connectivity index (χ0v) is 14.2. The molecule has 0 spiro atoms. The lowest BCUT2D eigenvalue weighted by Gasteiger charge is -2.36. The van der Waals surface area contributed by atoms with Gasteiger partial charge in [0.05, 0.1) is 19.1 Å². The predicted molar refractivity (Wildman–Crippen MR) is 84.7 cm³/mol. The molecule has 2 amide bonds. The molecular weight excluding hydrogens is 312 g/mol. The second-order valence-corrected chi connectivity index (χ2v) is 6.28. The number of hydrogen-bond donors (Lipinski definition) is 1. The van der Waals surface area contributed by atoms with E-state index in [4.69, 9.17) is 9.47 Å². The summed E-state index contributed by atoms with van der Waals surface area (Å²) in [6, 6.07) is 0. The normalized spacial score (nSPS) is 26.0. The number of amides is 2. The van der Waals surface area contributed by atoms with Gasteiger partial charge in [-0.15, -0.1) is 0 Å². The van der Waals surface area contributed by atoms with E-state index in [-0.39, 0.29) is 23.6 Å². The van der Waals surface area contributed by atoms with Crippen molar-refractivity contribution in [1.82, 2.24) is 20.2 Å². The van der Waals surface area contributed by atoms with Crippen LogP contribution in [0.1, 0.15) is 22.6 Å². The molecule has 1 N–H and O–H groups in total. The van der Waals surface area contributed by atoms with Crippen molar-refractivity contribution in [1.29, 1.82) is 0 Å². The van der Waals surface area contributed by atoms with Gasteiger partial charge < -0.3 is 19.7 Å². The molecule has 0 radical (unpaired) electrons. The summed E-state index contributed by atoms with van der Waals surface area (Å²) in [5, 5.41) is 2.74. The number of nitrogens with one attached hydrogen (secondary N) is 1. The molecule has 2 fully saturated rings. The smallest absolute Gasteiger partial charge is 0.260 e. The zero-order chi connectivity index (χ0) is 17.3. The Balaban J connectivity index is 1.89.